The van der Waals surface area contributed by atoms with Gasteiger partial charge in [0.15, 0.2) is 5.78 Å². The highest BCUT2D eigenvalue weighted by Gasteiger charge is 2.34. The second-order valence-corrected chi connectivity index (χ2v) is 8.06. The van der Waals surface area contributed by atoms with E-state index in [4.69, 9.17) is 0 Å². The molecule has 1 fully saturated rings. The average Bonchev–Trinajstić information content (AvgIpc) is 3.05. The van der Waals surface area contributed by atoms with Gasteiger partial charge in [0.05, 0.1) is 4.91 Å². The van der Waals surface area contributed by atoms with E-state index in [-0.39, 0.29) is 48.8 Å². The topological polar surface area (TPSA) is 83.6 Å². The molecule has 0 aromatic heterocycles. The van der Waals surface area contributed by atoms with E-state index in [1.807, 2.05) is 49.4 Å². The second kappa shape index (κ2) is 10.7. The number of hydrogen-bond acceptors (Lipinski definition) is 5. The van der Waals surface area contributed by atoms with Crippen molar-refractivity contribution in [3.8, 4) is 0 Å². The van der Waals surface area contributed by atoms with E-state index < -0.39 is 0 Å². The van der Waals surface area contributed by atoms with Crippen molar-refractivity contribution in [3.63, 3.8) is 0 Å². The first-order chi connectivity index (χ1) is 15.0. The molecule has 1 N–H and O–H groups in total. The number of carbonyl (C=O) groups excluding carboxylic acids is 4. The Hall–Kier alpha value is -3.19. The van der Waals surface area contributed by atoms with Crippen molar-refractivity contribution in [2.75, 3.05) is 13.1 Å². The van der Waals surface area contributed by atoms with Crippen LogP contribution in [0.15, 0.2) is 59.5 Å². The summed E-state index contributed by atoms with van der Waals surface area (Å²) >= 11 is 0.891. The molecule has 1 saturated heterocycles. The molecule has 3 rings (SSSR count). The molecule has 1 aliphatic rings. The van der Waals surface area contributed by atoms with Gasteiger partial charge < -0.3 is 5.32 Å². The Balaban J connectivity index is 1.43. The molecule has 0 saturated carbocycles. The van der Waals surface area contributed by atoms with Crippen LogP contribution in [0.3, 0.4) is 0 Å². The number of rotatable bonds is 9. The molecular formula is C24H24N2O4S. The lowest BCUT2D eigenvalue weighted by atomic mass is 10.0. The monoisotopic (exact) mass is 436 g/mol. The van der Waals surface area contributed by atoms with Crippen molar-refractivity contribution in [2.24, 2.45) is 0 Å². The fourth-order valence-corrected chi connectivity index (χ4v) is 3.95. The van der Waals surface area contributed by atoms with Crippen molar-refractivity contribution in [2.45, 2.75) is 26.2 Å². The summed E-state index contributed by atoms with van der Waals surface area (Å²) in [5, 5.41) is 2.32. The number of imide groups is 1. The Bertz CT molecular complexity index is 1000. The molecular weight excluding hydrogens is 412 g/mol. The van der Waals surface area contributed by atoms with Crippen molar-refractivity contribution >= 4 is 40.7 Å². The van der Waals surface area contributed by atoms with Gasteiger partial charge in [-0.2, -0.15) is 0 Å². The van der Waals surface area contributed by atoms with Gasteiger partial charge in [-0.1, -0.05) is 61.5 Å². The van der Waals surface area contributed by atoms with Gasteiger partial charge in [0.1, 0.15) is 0 Å². The molecule has 0 aliphatic carbocycles. The summed E-state index contributed by atoms with van der Waals surface area (Å²) in [6, 6.07) is 16.7. The predicted molar refractivity (Wildman–Crippen MR) is 122 cm³/mol. The van der Waals surface area contributed by atoms with E-state index in [1.165, 1.54) is 0 Å². The van der Waals surface area contributed by atoms with Gasteiger partial charge in [-0.15, -0.1) is 0 Å². The maximum Gasteiger partial charge on any atom is 0.293 e. The summed E-state index contributed by atoms with van der Waals surface area (Å²) in [6.07, 6.45) is 2.76. The van der Waals surface area contributed by atoms with Crippen molar-refractivity contribution in [1.29, 1.82) is 0 Å². The molecule has 3 amide bonds. The van der Waals surface area contributed by atoms with E-state index >= 15 is 0 Å². The number of Topliss-reactive ketones (excluding diaryl/α,β-unsaturated/α-hetero) is 1. The zero-order chi connectivity index (χ0) is 22.2. The summed E-state index contributed by atoms with van der Waals surface area (Å²) in [5.74, 6) is -0.737. The first-order valence-corrected chi connectivity index (χ1v) is 11.0. The minimum Gasteiger partial charge on any atom is -0.354 e. The van der Waals surface area contributed by atoms with Gasteiger partial charge in [-0.3, -0.25) is 24.1 Å². The third-order valence-electron chi connectivity index (χ3n) is 4.89. The number of aryl methyl sites for hydroxylation is 1. The third-order valence-corrected chi connectivity index (χ3v) is 5.80. The van der Waals surface area contributed by atoms with Gasteiger partial charge in [0.25, 0.3) is 11.1 Å². The Morgan fingerprint density at radius 2 is 1.71 bits per heavy atom. The lowest BCUT2D eigenvalue weighted by molar-refractivity contribution is -0.124. The van der Waals surface area contributed by atoms with Crippen LogP contribution in [-0.2, 0) is 16.0 Å². The van der Waals surface area contributed by atoms with Crippen LogP contribution in [-0.4, -0.2) is 40.8 Å². The first kappa shape index (κ1) is 22.5. The molecule has 0 bridgehead atoms. The number of nitrogens with one attached hydrogen (secondary N) is 1. The largest absolute Gasteiger partial charge is 0.354 e. The zero-order valence-corrected chi connectivity index (χ0v) is 18.1. The van der Waals surface area contributed by atoms with Gasteiger partial charge >= 0.3 is 0 Å². The van der Waals surface area contributed by atoms with E-state index in [9.17, 15) is 19.2 Å². The molecule has 7 heteroatoms. The quantitative estimate of drug-likeness (QED) is 0.473. The lowest BCUT2D eigenvalue weighted by Crippen LogP contribution is -2.37. The molecule has 2 aromatic rings. The van der Waals surface area contributed by atoms with Crippen molar-refractivity contribution in [1.82, 2.24) is 10.2 Å². The number of carbonyl (C=O) groups is 4. The molecule has 2 aromatic carbocycles. The van der Waals surface area contributed by atoms with E-state index in [0.717, 1.165) is 34.2 Å². The van der Waals surface area contributed by atoms with E-state index in [1.54, 1.807) is 18.2 Å². The molecule has 0 radical (unpaired) electrons. The molecule has 1 heterocycles. The van der Waals surface area contributed by atoms with Gasteiger partial charge in [0, 0.05) is 31.5 Å². The minimum atomic E-state index is -0.362. The number of hydrogen-bond donors (Lipinski definition) is 1. The van der Waals surface area contributed by atoms with Crippen LogP contribution in [0.5, 0.6) is 0 Å². The summed E-state index contributed by atoms with van der Waals surface area (Å²) in [4.78, 5) is 50.4. The van der Waals surface area contributed by atoms with E-state index in [0.29, 0.717) is 10.5 Å². The normalized spacial score (nSPS) is 14.9. The Morgan fingerprint density at radius 3 is 2.39 bits per heavy atom. The molecule has 31 heavy (non-hydrogen) atoms. The van der Waals surface area contributed by atoms with Gasteiger partial charge in [-0.25, -0.2) is 0 Å². The van der Waals surface area contributed by atoms with E-state index in [2.05, 4.69) is 5.32 Å². The van der Waals surface area contributed by atoms with Gasteiger partial charge in [-0.05, 0) is 35.4 Å². The summed E-state index contributed by atoms with van der Waals surface area (Å²) in [6.45, 7) is 2.29. The molecule has 0 spiro atoms. The molecule has 6 nitrogen and oxygen atoms in total. The van der Waals surface area contributed by atoms with Crippen LogP contribution in [0.1, 0.15) is 41.3 Å². The number of amides is 3. The highest BCUT2D eigenvalue weighted by molar-refractivity contribution is 8.18. The SMILES string of the molecule is CCc1ccc(C(=O)CCC(=O)NCCN2C(=O)SC(=Cc3ccccc3)C2=O)cc1. The van der Waals surface area contributed by atoms with Crippen LogP contribution < -0.4 is 5.32 Å². The molecule has 1 aliphatic heterocycles. The summed E-state index contributed by atoms with van der Waals surface area (Å²) in [7, 11) is 0. The van der Waals surface area contributed by atoms with Crippen LogP contribution in [0.25, 0.3) is 6.08 Å². The number of nitrogens with zero attached hydrogens (tertiary/aromatic N) is 1. The highest BCUT2D eigenvalue weighted by Crippen LogP contribution is 2.31. The van der Waals surface area contributed by atoms with Crippen LogP contribution in [0.4, 0.5) is 4.79 Å². The van der Waals surface area contributed by atoms with Gasteiger partial charge in [0.2, 0.25) is 5.91 Å². The maximum absolute atomic E-state index is 12.5. The fraction of sp³-hybridized carbons (Fsp3) is 0.250. The predicted octanol–water partition coefficient (Wildman–Crippen LogP) is 4.06. The molecule has 0 unspecified atom stereocenters. The first-order valence-electron chi connectivity index (χ1n) is 10.2. The van der Waals surface area contributed by atoms with Crippen molar-refractivity contribution < 1.29 is 19.2 Å². The maximum atomic E-state index is 12.5. The zero-order valence-electron chi connectivity index (χ0n) is 17.3. The smallest absolute Gasteiger partial charge is 0.293 e. The van der Waals surface area contributed by atoms with Crippen LogP contribution >= 0.6 is 11.8 Å². The Labute approximate surface area is 185 Å². The molecule has 0 atom stereocenters. The number of ketones is 1. The van der Waals surface area contributed by atoms with Crippen LogP contribution in [0.2, 0.25) is 0 Å². The third kappa shape index (κ3) is 6.15. The Kier molecular flexibility index (Phi) is 7.78. The highest BCUT2D eigenvalue weighted by atomic mass is 32.2. The summed E-state index contributed by atoms with van der Waals surface area (Å²) in [5.41, 5.74) is 2.59. The summed E-state index contributed by atoms with van der Waals surface area (Å²) < 4.78 is 0. The lowest BCUT2D eigenvalue weighted by Gasteiger charge is -2.13. The number of benzene rings is 2. The Morgan fingerprint density at radius 1 is 1.00 bits per heavy atom. The van der Waals surface area contributed by atoms with Crippen molar-refractivity contribution in [3.05, 3.63) is 76.2 Å². The average molecular weight is 437 g/mol. The minimum absolute atomic E-state index is 0.0597. The number of thioether (sulfide) groups is 1. The standard InChI is InChI=1S/C24H24N2O4S/c1-2-17-8-10-19(11-9-17)20(27)12-13-22(28)25-14-15-26-23(29)21(31-24(26)30)16-18-6-4-3-5-7-18/h3-11,16H,2,12-15H2,1H3,(H,25,28). The van der Waals surface area contributed by atoms with Crippen LogP contribution in [0, 0.1) is 0 Å². The molecule has 160 valence electrons. The second-order valence-electron chi connectivity index (χ2n) is 7.07. The fourth-order valence-electron chi connectivity index (χ4n) is 3.09.